The molecule has 2 fully saturated rings. The highest BCUT2D eigenvalue weighted by Crippen LogP contribution is 2.39. The zero-order chi connectivity index (χ0) is 13.2. The number of nitrogens with two attached hydrogens (primary N) is 1. The number of benzene rings is 1. The molecule has 0 aromatic heterocycles. The van der Waals surface area contributed by atoms with Crippen LogP contribution in [0, 0.1) is 5.92 Å². The summed E-state index contributed by atoms with van der Waals surface area (Å²) in [4.78, 5) is 12.7. The van der Waals surface area contributed by atoms with Gasteiger partial charge in [0, 0.05) is 17.5 Å². The Morgan fingerprint density at radius 2 is 1.68 bits per heavy atom. The van der Waals surface area contributed by atoms with Crippen molar-refractivity contribution in [3.8, 4) is 0 Å². The van der Waals surface area contributed by atoms with Gasteiger partial charge < -0.3 is 5.73 Å². The van der Waals surface area contributed by atoms with Crippen LogP contribution in [-0.2, 0) is 0 Å². The lowest BCUT2D eigenvalue weighted by molar-refractivity contribution is 0.0882. The van der Waals surface area contributed by atoms with E-state index in [4.69, 9.17) is 5.73 Å². The molecule has 3 rings (SSSR count). The van der Waals surface area contributed by atoms with Crippen molar-refractivity contribution in [3.63, 3.8) is 0 Å². The molecule has 0 saturated heterocycles. The lowest BCUT2D eigenvalue weighted by Gasteiger charge is -2.30. The van der Waals surface area contributed by atoms with Crippen molar-refractivity contribution in [2.75, 3.05) is 0 Å². The lowest BCUT2D eigenvalue weighted by atomic mass is 9.75. The van der Waals surface area contributed by atoms with Crippen molar-refractivity contribution in [1.82, 2.24) is 0 Å². The van der Waals surface area contributed by atoms with Crippen LogP contribution in [0.15, 0.2) is 24.3 Å². The summed E-state index contributed by atoms with van der Waals surface area (Å²) in [7, 11) is 0. The molecule has 0 radical (unpaired) electrons. The van der Waals surface area contributed by atoms with Crippen molar-refractivity contribution in [3.05, 3.63) is 35.4 Å². The fourth-order valence-corrected chi connectivity index (χ4v) is 3.40. The second-order valence-corrected chi connectivity index (χ2v) is 6.19. The SMILES string of the molecule is NC1CCC(C(=O)c2ccccc2C2CCC2)CC1. The van der Waals surface area contributed by atoms with E-state index in [1.54, 1.807) is 0 Å². The molecule has 0 bridgehead atoms. The van der Waals surface area contributed by atoms with Crippen LogP contribution in [0.1, 0.15) is 66.8 Å². The third kappa shape index (κ3) is 2.59. The fraction of sp³-hybridized carbons (Fsp3) is 0.588. The van der Waals surface area contributed by atoms with E-state index in [9.17, 15) is 4.79 Å². The van der Waals surface area contributed by atoms with Gasteiger partial charge in [-0.3, -0.25) is 4.79 Å². The quantitative estimate of drug-likeness (QED) is 0.840. The van der Waals surface area contributed by atoms with Gasteiger partial charge in [0.1, 0.15) is 0 Å². The molecule has 19 heavy (non-hydrogen) atoms. The molecule has 0 unspecified atom stereocenters. The van der Waals surface area contributed by atoms with Crippen LogP contribution < -0.4 is 5.73 Å². The average Bonchev–Trinajstić information content (AvgIpc) is 2.37. The van der Waals surface area contributed by atoms with Crippen LogP contribution in [-0.4, -0.2) is 11.8 Å². The van der Waals surface area contributed by atoms with E-state index in [0.717, 1.165) is 31.2 Å². The molecule has 0 spiro atoms. The maximum absolute atomic E-state index is 12.7. The largest absolute Gasteiger partial charge is 0.328 e. The predicted octanol–water partition coefficient (Wildman–Crippen LogP) is 3.65. The highest BCUT2D eigenvalue weighted by atomic mass is 16.1. The topological polar surface area (TPSA) is 43.1 Å². The van der Waals surface area contributed by atoms with E-state index < -0.39 is 0 Å². The van der Waals surface area contributed by atoms with Crippen molar-refractivity contribution in [2.45, 2.75) is 56.9 Å². The molecule has 2 aliphatic rings. The highest BCUT2D eigenvalue weighted by molar-refractivity contribution is 5.99. The molecule has 2 nitrogen and oxygen atoms in total. The number of carbonyl (C=O) groups excluding carboxylic acids is 1. The molecule has 102 valence electrons. The fourth-order valence-electron chi connectivity index (χ4n) is 3.40. The summed E-state index contributed by atoms with van der Waals surface area (Å²) in [6.07, 6.45) is 7.76. The molecule has 1 aromatic carbocycles. The first-order chi connectivity index (χ1) is 9.25. The summed E-state index contributed by atoms with van der Waals surface area (Å²) in [5.74, 6) is 1.21. The van der Waals surface area contributed by atoms with Crippen LogP contribution >= 0.6 is 0 Å². The van der Waals surface area contributed by atoms with Crippen LogP contribution in [0.3, 0.4) is 0 Å². The van der Waals surface area contributed by atoms with Gasteiger partial charge in [-0.2, -0.15) is 0 Å². The van der Waals surface area contributed by atoms with Gasteiger partial charge in [0.15, 0.2) is 5.78 Å². The number of hydrogen-bond acceptors (Lipinski definition) is 2. The monoisotopic (exact) mass is 257 g/mol. The third-order valence-corrected chi connectivity index (χ3v) is 4.91. The Hall–Kier alpha value is -1.15. The van der Waals surface area contributed by atoms with E-state index >= 15 is 0 Å². The van der Waals surface area contributed by atoms with E-state index in [-0.39, 0.29) is 5.92 Å². The Morgan fingerprint density at radius 3 is 2.32 bits per heavy atom. The highest BCUT2D eigenvalue weighted by Gasteiger charge is 2.29. The first-order valence-corrected chi connectivity index (χ1v) is 7.64. The third-order valence-electron chi connectivity index (χ3n) is 4.91. The standard InChI is InChI=1S/C17H23NO/c18-14-10-8-13(9-11-14)17(19)16-7-2-1-6-15(16)12-4-3-5-12/h1-2,6-7,12-14H,3-5,8-11,18H2. The molecule has 0 atom stereocenters. The van der Waals surface area contributed by atoms with Gasteiger partial charge in [-0.05, 0) is 50.0 Å². The van der Waals surface area contributed by atoms with Crippen LogP contribution in [0.4, 0.5) is 0 Å². The van der Waals surface area contributed by atoms with E-state index in [1.165, 1.54) is 24.8 Å². The minimum absolute atomic E-state index is 0.209. The zero-order valence-electron chi connectivity index (χ0n) is 11.5. The minimum atomic E-state index is 0.209. The minimum Gasteiger partial charge on any atom is -0.328 e. The van der Waals surface area contributed by atoms with Gasteiger partial charge in [-0.1, -0.05) is 30.7 Å². The Morgan fingerprint density at radius 1 is 1.00 bits per heavy atom. The smallest absolute Gasteiger partial charge is 0.166 e. The maximum Gasteiger partial charge on any atom is 0.166 e. The van der Waals surface area contributed by atoms with Gasteiger partial charge in [0.05, 0.1) is 0 Å². The molecule has 0 heterocycles. The lowest BCUT2D eigenvalue weighted by Crippen LogP contribution is -2.30. The van der Waals surface area contributed by atoms with E-state index in [0.29, 0.717) is 17.7 Å². The summed E-state index contributed by atoms with van der Waals surface area (Å²) in [5, 5.41) is 0. The average molecular weight is 257 g/mol. The number of rotatable bonds is 3. The van der Waals surface area contributed by atoms with Gasteiger partial charge in [0.2, 0.25) is 0 Å². The molecular weight excluding hydrogens is 234 g/mol. The number of ketones is 1. The number of Topliss-reactive ketones (excluding diaryl/α,β-unsaturated/α-hetero) is 1. The Balaban J connectivity index is 1.79. The van der Waals surface area contributed by atoms with Crippen LogP contribution in [0.2, 0.25) is 0 Å². The van der Waals surface area contributed by atoms with Crippen molar-refractivity contribution in [2.24, 2.45) is 11.7 Å². The molecule has 0 aliphatic heterocycles. The summed E-state index contributed by atoms with van der Waals surface area (Å²) in [6.45, 7) is 0. The van der Waals surface area contributed by atoms with Crippen molar-refractivity contribution in [1.29, 1.82) is 0 Å². The van der Waals surface area contributed by atoms with Crippen molar-refractivity contribution < 1.29 is 4.79 Å². The van der Waals surface area contributed by atoms with E-state index in [2.05, 4.69) is 12.1 Å². The summed E-state index contributed by atoms with van der Waals surface area (Å²) < 4.78 is 0. The second kappa shape index (κ2) is 5.46. The Bertz CT molecular complexity index is 456. The molecule has 2 aliphatic carbocycles. The molecule has 1 aromatic rings. The molecule has 2 saturated carbocycles. The summed E-state index contributed by atoms with van der Waals surface area (Å²) in [5.41, 5.74) is 8.23. The first-order valence-electron chi connectivity index (χ1n) is 7.64. The van der Waals surface area contributed by atoms with Gasteiger partial charge >= 0.3 is 0 Å². The van der Waals surface area contributed by atoms with Gasteiger partial charge in [-0.15, -0.1) is 0 Å². The predicted molar refractivity (Wildman–Crippen MR) is 77.3 cm³/mol. The number of hydrogen-bond donors (Lipinski definition) is 1. The van der Waals surface area contributed by atoms with Gasteiger partial charge in [-0.25, -0.2) is 0 Å². The number of carbonyl (C=O) groups is 1. The Kier molecular flexibility index (Phi) is 3.69. The normalized spacial score (nSPS) is 27.8. The Labute approximate surface area is 115 Å². The molecule has 0 amide bonds. The first kappa shape index (κ1) is 12.9. The summed E-state index contributed by atoms with van der Waals surface area (Å²) >= 11 is 0. The maximum atomic E-state index is 12.7. The van der Waals surface area contributed by atoms with E-state index in [1.807, 2.05) is 12.1 Å². The van der Waals surface area contributed by atoms with Gasteiger partial charge in [0.25, 0.3) is 0 Å². The van der Waals surface area contributed by atoms with Crippen LogP contribution in [0.5, 0.6) is 0 Å². The molecule has 2 N–H and O–H groups in total. The van der Waals surface area contributed by atoms with Crippen LogP contribution in [0.25, 0.3) is 0 Å². The summed E-state index contributed by atoms with van der Waals surface area (Å²) in [6, 6.07) is 8.58. The molecular formula is C17H23NO. The zero-order valence-corrected chi connectivity index (χ0v) is 11.5. The second-order valence-electron chi connectivity index (χ2n) is 6.19. The van der Waals surface area contributed by atoms with Crippen molar-refractivity contribution >= 4 is 5.78 Å². The molecule has 2 heteroatoms.